The van der Waals surface area contributed by atoms with Crippen LogP contribution in [-0.2, 0) is 10.8 Å². The summed E-state index contributed by atoms with van der Waals surface area (Å²) in [6, 6.07) is 118. The van der Waals surface area contributed by atoms with Gasteiger partial charge in [0, 0.05) is 79.1 Å². The van der Waals surface area contributed by atoms with E-state index < -0.39 is 0 Å². The Balaban J connectivity index is 0.711. The van der Waals surface area contributed by atoms with Gasteiger partial charge in [-0.05, 0) is 272 Å². The highest BCUT2D eigenvalue weighted by atomic mass is 16.5. The molecule has 0 saturated heterocycles. The van der Waals surface area contributed by atoms with Gasteiger partial charge in [-0.3, -0.25) is 0 Å². The Hall–Kier alpha value is -12.5. The van der Waals surface area contributed by atoms with E-state index in [0.717, 1.165) is 125 Å². The van der Waals surface area contributed by atoms with Crippen molar-refractivity contribution in [3.63, 3.8) is 0 Å². The molecule has 8 heteroatoms. The number of methoxy groups -OCH3 is 4. The minimum atomic E-state index is -0.173. The third-order valence-electron chi connectivity index (χ3n) is 20.7. The zero-order valence-corrected chi connectivity index (χ0v) is 58.6. The second-order valence-corrected chi connectivity index (χ2v) is 27.2. The van der Waals surface area contributed by atoms with E-state index in [1.165, 1.54) is 44.5 Å². The smallest absolute Gasteiger partial charge is 0.119 e. The molecule has 0 spiro atoms. The summed E-state index contributed by atoms with van der Waals surface area (Å²) in [6.07, 6.45) is 0. The normalized spacial score (nSPS) is 12.7. The summed E-state index contributed by atoms with van der Waals surface area (Å²) in [7, 11) is 6.78. The van der Waals surface area contributed by atoms with E-state index in [2.05, 4.69) is 326 Å². The van der Waals surface area contributed by atoms with Crippen molar-refractivity contribution < 1.29 is 18.9 Å². The molecule has 102 heavy (non-hydrogen) atoms. The van der Waals surface area contributed by atoms with Gasteiger partial charge in [0.2, 0.25) is 0 Å². The number of benzene rings is 14. The van der Waals surface area contributed by atoms with Crippen molar-refractivity contribution in [1.82, 2.24) is 0 Å². The molecule has 16 rings (SSSR count). The largest absolute Gasteiger partial charge is 0.497 e. The molecule has 2 aliphatic carbocycles. The molecule has 0 heterocycles. The van der Waals surface area contributed by atoms with Crippen LogP contribution >= 0.6 is 0 Å². The van der Waals surface area contributed by atoms with Crippen LogP contribution in [0.25, 0.3) is 55.6 Å². The number of anilines is 12. The zero-order valence-electron chi connectivity index (χ0n) is 58.6. The molecule has 0 saturated carbocycles. The molecule has 8 nitrogen and oxygen atoms in total. The van der Waals surface area contributed by atoms with Crippen molar-refractivity contribution in [2.75, 3.05) is 48.0 Å². The minimum Gasteiger partial charge on any atom is -0.497 e. The summed E-state index contributed by atoms with van der Waals surface area (Å²) >= 11 is 0. The second-order valence-electron chi connectivity index (χ2n) is 27.2. The summed E-state index contributed by atoms with van der Waals surface area (Å²) < 4.78 is 22.1. The van der Waals surface area contributed by atoms with Gasteiger partial charge in [-0.1, -0.05) is 161 Å². The maximum atomic E-state index is 5.53. The molecule has 0 unspecified atom stereocenters. The molecule has 0 fully saturated rings. The molecule has 0 atom stereocenters. The Kier molecular flexibility index (Phi) is 16.7. The molecule has 0 amide bonds. The Morgan fingerprint density at radius 3 is 0.578 bits per heavy atom. The monoisotopic (exact) mass is 1330 g/mol. The number of fused-ring (bicyclic) bond motifs is 6. The van der Waals surface area contributed by atoms with E-state index in [1.807, 2.05) is 48.5 Å². The van der Waals surface area contributed by atoms with Crippen molar-refractivity contribution in [2.24, 2.45) is 0 Å². The van der Waals surface area contributed by atoms with Crippen LogP contribution in [0.1, 0.15) is 49.9 Å². The molecule has 0 aliphatic heterocycles. The maximum absolute atomic E-state index is 5.53. The molecule has 0 bridgehead atoms. The minimum absolute atomic E-state index is 0.173. The molecule has 0 N–H and O–H groups in total. The number of rotatable bonds is 19. The lowest BCUT2D eigenvalue weighted by Crippen LogP contribution is -2.16. The lowest BCUT2D eigenvalue weighted by Gasteiger charge is -2.29. The third-order valence-corrected chi connectivity index (χ3v) is 20.7. The van der Waals surface area contributed by atoms with Gasteiger partial charge in [0.25, 0.3) is 0 Å². The van der Waals surface area contributed by atoms with Crippen molar-refractivity contribution >= 4 is 68.2 Å². The van der Waals surface area contributed by atoms with Gasteiger partial charge in [-0.2, -0.15) is 0 Å². The average Bonchev–Trinajstić information content (AvgIpc) is 1.58. The summed E-state index contributed by atoms with van der Waals surface area (Å²) in [6.45, 7) is 9.41. The average molecular weight is 1330 g/mol. The van der Waals surface area contributed by atoms with Crippen molar-refractivity contribution in [3.05, 3.63) is 350 Å². The lowest BCUT2D eigenvalue weighted by atomic mass is 9.82. The summed E-state index contributed by atoms with van der Waals surface area (Å²) in [4.78, 5) is 9.29. The molecule has 0 aromatic heterocycles. The predicted octanol–water partition coefficient (Wildman–Crippen LogP) is 25.2. The first-order chi connectivity index (χ1) is 49.8. The van der Waals surface area contributed by atoms with E-state index in [-0.39, 0.29) is 10.8 Å². The van der Waals surface area contributed by atoms with Gasteiger partial charge in [0.05, 0.1) is 28.4 Å². The number of nitrogens with zero attached hydrogens (tertiary/aromatic N) is 4. The van der Waals surface area contributed by atoms with Gasteiger partial charge >= 0.3 is 0 Å². The Bertz CT molecular complexity index is 4890. The molecule has 2 aliphatic rings. The Morgan fingerprint density at radius 1 is 0.186 bits per heavy atom. The van der Waals surface area contributed by atoms with Gasteiger partial charge in [0.15, 0.2) is 0 Å². The van der Waals surface area contributed by atoms with E-state index >= 15 is 0 Å². The molecule has 498 valence electrons. The van der Waals surface area contributed by atoms with E-state index in [9.17, 15) is 0 Å². The van der Waals surface area contributed by atoms with Crippen LogP contribution < -0.4 is 38.5 Å². The lowest BCUT2D eigenvalue weighted by molar-refractivity contribution is 0.414. The summed E-state index contributed by atoms with van der Waals surface area (Å²) in [5, 5.41) is 0. The number of ether oxygens (including phenoxy) is 4. The van der Waals surface area contributed by atoms with Crippen molar-refractivity contribution in [2.45, 2.75) is 38.5 Å². The van der Waals surface area contributed by atoms with Crippen LogP contribution in [0.2, 0.25) is 0 Å². The first-order valence-corrected chi connectivity index (χ1v) is 34.7. The molecular formula is C94H78N4O4. The highest BCUT2D eigenvalue weighted by Crippen LogP contribution is 2.53. The highest BCUT2D eigenvalue weighted by molar-refractivity contribution is 5.90. The molecule has 14 aromatic carbocycles. The molecule has 0 radical (unpaired) electrons. The zero-order chi connectivity index (χ0) is 69.6. The Morgan fingerprint density at radius 2 is 0.363 bits per heavy atom. The van der Waals surface area contributed by atoms with E-state index in [0.29, 0.717) is 0 Å². The fraction of sp³-hybridized carbons (Fsp3) is 0.106. The third kappa shape index (κ3) is 11.8. The van der Waals surface area contributed by atoms with Crippen LogP contribution in [0.3, 0.4) is 0 Å². The van der Waals surface area contributed by atoms with Crippen LogP contribution in [-0.4, -0.2) is 28.4 Å². The predicted molar refractivity (Wildman–Crippen MR) is 423 cm³/mol. The van der Waals surface area contributed by atoms with Gasteiger partial charge in [-0.25, -0.2) is 0 Å². The standard InChI is InChI=1S/C94H78N4O4/c1-93(2)89-15-11-9-13-85(89)87-59-49-79(61-91(87)93)97(71-33-21-65(22-34-71)63-17-29-69(30-18-63)95(75-41-51-81(99-5)52-42-75)76-43-53-82(100-6)54-44-76)73-37-25-67(26-38-73)68-27-39-74(40-28-68)98(80-50-60-88-86-14-10-12-16-90(86)94(3,4)92(88)62-80)72-35-23-66(24-36-72)64-19-31-70(32-20-64)96(77-45-55-83(101-7)56-46-77)78-47-57-84(102-8)58-48-78/h9-62H,1-8H3. The molecular weight excluding hydrogens is 1250 g/mol. The summed E-state index contributed by atoms with van der Waals surface area (Å²) in [5.41, 5.74) is 29.5. The maximum Gasteiger partial charge on any atom is 0.119 e. The van der Waals surface area contributed by atoms with Crippen LogP contribution in [0.15, 0.2) is 328 Å². The highest BCUT2D eigenvalue weighted by Gasteiger charge is 2.37. The fourth-order valence-electron chi connectivity index (χ4n) is 15.2. The SMILES string of the molecule is COc1ccc(N(c2ccc(OC)cc2)c2ccc(-c3ccc(N(c4ccc(-c5ccc(N(c6ccc(-c7ccc(N(c8ccc(OC)cc8)c8ccc(OC)cc8)cc7)cc6)c6ccc7c(c6)C(C)(C)c6ccccc6-7)cc5)cc4)c4ccc5c(c4)C(C)(C)c4ccccc4-5)cc3)cc2)cc1. The van der Waals surface area contributed by atoms with E-state index in [4.69, 9.17) is 18.9 Å². The first kappa shape index (κ1) is 64.2. The van der Waals surface area contributed by atoms with Gasteiger partial charge < -0.3 is 38.5 Å². The van der Waals surface area contributed by atoms with Gasteiger partial charge in [0.1, 0.15) is 23.0 Å². The molecule has 14 aromatic rings. The fourth-order valence-corrected chi connectivity index (χ4v) is 15.2. The second kappa shape index (κ2) is 26.6. The number of hydrogen-bond donors (Lipinski definition) is 0. The summed E-state index contributed by atoms with van der Waals surface area (Å²) in [5.74, 6) is 3.23. The Labute approximate surface area is 598 Å². The van der Waals surface area contributed by atoms with Crippen LogP contribution in [0, 0.1) is 0 Å². The number of hydrogen-bond acceptors (Lipinski definition) is 8. The van der Waals surface area contributed by atoms with E-state index in [1.54, 1.807) is 28.4 Å². The van der Waals surface area contributed by atoms with Crippen LogP contribution in [0.4, 0.5) is 68.2 Å². The van der Waals surface area contributed by atoms with Crippen molar-refractivity contribution in [1.29, 1.82) is 0 Å². The van der Waals surface area contributed by atoms with Gasteiger partial charge in [-0.15, -0.1) is 0 Å². The van der Waals surface area contributed by atoms with Crippen LogP contribution in [0.5, 0.6) is 23.0 Å². The quantitative estimate of drug-likeness (QED) is 0.0794. The topological polar surface area (TPSA) is 49.9 Å². The van der Waals surface area contributed by atoms with Crippen molar-refractivity contribution in [3.8, 4) is 78.6 Å². The first-order valence-electron chi connectivity index (χ1n) is 34.7.